The van der Waals surface area contributed by atoms with Gasteiger partial charge in [-0.2, -0.15) is 0 Å². The van der Waals surface area contributed by atoms with Crippen molar-refractivity contribution in [3.05, 3.63) is 64.7 Å². The predicted molar refractivity (Wildman–Crippen MR) is 121 cm³/mol. The van der Waals surface area contributed by atoms with Crippen LogP contribution >= 0.6 is 0 Å². The molecule has 2 aromatic rings. The molecule has 1 amide bonds. The minimum absolute atomic E-state index is 0.0156. The molecule has 0 aliphatic heterocycles. The number of amides is 1. The van der Waals surface area contributed by atoms with Crippen molar-refractivity contribution in [1.29, 1.82) is 0 Å². The molecule has 166 valence electrons. The molecule has 0 saturated carbocycles. The molecule has 0 aromatic heterocycles. The van der Waals surface area contributed by atoms with Crippen LogP contribution in [-0.2, 0) is 17.7 Å². The van der Waals surface area contributed by atoms with Gasteiger partial charge in [0.15, 0.2) is 5.96 Å². The summed E-state index contributed by atoms with van der Waals surface area (Å²) in [7, 11) is 8.02. The molecule has 0 fully saturated rings. The summed E-state index contributed by atoms with van der Waals surface area (Å²) in [5.74, 6) is 0.637. The van der Waals surface area contributed by atoms with Crippen molar-refractivity contribution in [2.24, 2.45) is 4.99 Å². The average molecular weight is 427 g/mol. The molecule has 0 unspecified atom stereocenters. The van der Waals surface area contributed by atoms with Crippen LogP contribution in [0.2, 0.25) is 0 Å². The van der Waals surface area contributed by atoms with E-state index in [1.807, 2.05) is 30.3 Å². The average Bonchev–Trinajstić information content (AvgIpc) is 2.80. The Hall–Kier alpha value is -3.55. The summed E-state index contributed by atoms with van der Waals surface area (Å²) in [6.07, 6.45) is 0.740. The molecular formula is C23H30N4O4. The largest absolute Gasteiger partial charge is 0.496 e. The number of rotatable bonds is 8. The van der Waals surface area contributed by atoms with E-state index in [1.54, 1.807) is 38.2 Å². The number of methoxy groups -OCH3 is 2. The Kier molecular flexibility index (Phi) is 8.87. The molecule has 0 bridgehead atoms. The van der Waals surface area contributed by atoms with Gasteiger partial charge < -0.3 is 25.0 Å². The summed E-state index contributed by atoms with van der Waals surface area (Å²) in [6, 6.07) is 13.0. The molecule has 0 aliphatic carbocycles. The van der Waals surface area contributed by atoms with Crippen LogP contribution in [0.15, 0.2) is 47.5 Å². The highest BCUT2D eigenvalue weighted by Crippen LogP contribution is 2.20. The Balaban J connectivity index is 1.92. The van der Waals surface area contributed by atoms with Crippen LogP contribution in [0.25, 0.3) is 0 Å². The first-order valence-corrected chi connectivity index (χ1v) is 9.90. The van der Waals surface area contributed by atoms with E-state index >= 15 is 0 Å². The maximum atomic E-state index is 12.1. The number of nitrogens with zero attached hydrogens (tertiary/aromatic N) is 2. The first-order chi connectivity index (χ1) is 14.9. The lowest BCUT2D eigenvalue weighted by atomic mass is 10.1. The molecule has 0 spiro atoms. The van der Waals surface area contributed by atoms with Crippen LogP contribution in [0.5, 0.6) is 5.75 Å². The van der Waals surface area contributed by atoms with Crippen molar-refractivity contribution in [3.63, 3.8) is 0 Å². The summed E-state index contributed by atoms with van der Waals surface area (Å²) < 4.78 is 10.0. The number of hydrogen-bond donors (Lipinski definition) is 2. The quantitative estimate of drug-likeness (QED) is 0.382. The fraction of sp³-hybridized carbons (Fsp3) is 0.348. The lowest BCUT2D eigenvalue weighted by molar-refractivity contribution is 0.0596. The minimum atomic E-state index is -0.448. The summed E-state index contributed by atoms with van der Waals surface area (Å²) in [4.78, 5) is 29.8. The van der Waals surface area contributed by atoms with Gasteiger partial charge in [-0.05, 0) is 41.8 Å². The molecule has 2 N–H and O–H groups in total. The first kappa shape index (κ1) is 23.7. The van der Waals surface area contributed by atoms with Gasteiger partial charge in [-0.3, -0.25) is 9.79 Å². The van der Waals surface area contributed by atoms with Crippen molar-refractivity contribution >= 4 is 17.8 Å². The van der Waals surface area contributed by atoms with E-state index in [-0.39, 0.29) is 5.91 Å². The first-order valence-electron chi connectivity index (χ1n) is 9.90. The Morgan fingerprint density at radius 3 is 2.45 bits per heavy atom. The van der Waals surface area contributed by atoms with Gasteiger partial charge in [-0.1, -0.05) is 18.2 Å². The third-order valence-electron chi connectivity index (χ3n) is 4.64. The smallest absolute Gasteiger partial charge is 0.341 e. The zero-order chi connectivity index (χ0) is 22.8. The van der Waals surface area contributed by atoms with Gasteiger partial charge in [0, 0.05) is 39.8 Å². The van der Waals surface area contributed by atoms with Gasteiger partial charge in [0.05, 0.1) is 14.2 Å². The maximum Gasteiger partial charge on any atom is 0.341 e. The fourth-order valence-electron chi connectivity index (χ4n) is 2.98. The summed E-state index contributed by atoms with van der Waals surface area (Å²) in [5.41, 5.74) is 3.00. The molecule has 8 nitrogen and oxygen atoms in total. The predicted octanol–water partition coefficient (Wildman–Crippen LogP) is 2.09. The topological polar surface area (TPSA) is 92.3 Å². The highest BCUT2D eigenvalue weighted by atomic mass is 16.5. The van der Waals surface area contributed by atoms with Crippen LogP contribution in [0.1, 0.15) is 31.8 Å². The molecule has 0 radical (unpaired) electrons. The lowest BCUT2D eigenvalue weighted by Crippen LogP contribution is -2.37. The van der Waals surface area contributed by atoms with E-state index < -0.39 is 5.97 Å². The standard InChI is InChI=1S/C23H30N4O4/c1-24-23(25-12-11-16-7-6-8-18(13-16)21(28)27(2)3)26-15-17-9-10-20(30-4)19(14-17)22(29)31-5/h6-10,13-14H,11-12,15H2,1-5H3,(H2,24,25,26). The number of guanidine groups is 1. The molecule has 0 heterocycles. The SMILES string of the molecule is CN=C(NCCc1cccc(C(=O)N(C)C)c1)NCc1ccc(OC)c(C(=O)OC)c1. The van der Waals surface area contributed by atoms with E-state index in [0.717, 1.165) is 17.5 Å². The molecule has 8 heteroatoms. The zero-order valence-corrected chi connectivity index (χ0v) is 18.7. The lowest BCUT2D eigenvalue weighted by Gasteiger charge is -2.14. The highest BCUT2D eigenvalue weighted by Gasteiger charge is 2.13. The molecule has 2 aromatic carbocycles. The molecule has 31 heavy (non-hydrogen) atoms. The molecule has 0 saturated heterocycles. The van der Waals surface area contributed by atoms with Crippen molar-refractivity contribution in [2.75, 3.05) is 41.9 Å². The van der Waals surface area contributed by atoms with Crippen LogP contribution < -0.4 is 15.4 Å². The highest BCUT2D eigenvalue weighted by molar-refractivity contribution is 5.94. The molecule has 2 rings (SSSR count). The van der Waals surface area contributed by atoms with E-state index in [0.29, 0.717) is 35.9 Å². The van der Waals surface area contributed by atoms with Gasteiger partial charge in [0.25, 0.3) is 5.91 Å². The number of carbonyl (C=O) groups excluding carboxylic acids is 2. The fourth-order valence-corrected chi connectivity index (χ4v) is 2.98. The Morgan fingerprint density at radius 2 is 1.81 bits per heavy atom. The van der Waals surface area contributed by atoms with E-state index in [1.165, 1.54) is 14.2 Å². The minimum Gasteiger partial charge on any atom is -0.496 e. The van der Waals surface area contributed by atoms with Gasteiger partial charge in [-0.15, -0.1) is 0 Å². The van der Waals surface area contributed by atoms with Gasteiger partial charge in [0.2, 0.25) is 0 Å². The molecule has 0 atom stereocenters. The summed E-state index contributed by atoms with van der Waals surface area (Å²) >= 11 is 0. The normalized spacial score (nSPS) is 10.9. The van der Waals surface area contributed by atoms with Gasteiger partial charge in [0.1, 0.15) is 11.3 Å². The zero-order valence-electron chi connectivity index (χ0n) is 18.7. The Morgan fingerprint density at radius 1 is 1.03 bits per heavy atom. The number of aliphatic imine (C=N–C) groups is 1. The summed E-state index contributed by atoms with van der Waals surface area (Å²) in [6.45, 7) is 1.12. The van der Waals surface area contributed by atoms with Crippen molar-refractivity contribution in [3.8, 4) is 5.75 Å². The van der Waals surface area contributed by atoms with Crippen molar-refractivity contribution in [1.82, 2.24) is 15.5 Å². The van der Waals surface area contributed by atoms with Crippen LogP contribution in [0.3, 0.4) is 0 Å². The number of esters is 1. The van der Waals surface area contributed by atoms with E-state index in [2.05, 4.69) is 15.6 Å². The van der Waals surface area contributed by atoms with Crippen molar-refractivity contribution in [2.45, 2.75) is 13.0 Å². The number of carbonyl (C=O) groups is 2. The Labute approximate surface area is 183 Å². The monoisotopic (exact) mass is 426 g/mol. The third kappa shape index (κ3) is 6.74. The van der Waals surface area contributed by atoms with Crippen LogP contribution in [0.4, 0.5) is 0 Å². The van der Waals surface area contributed by atoms with Crippen LogP contribution in [0, 0.1) is 0 Å². The second kappa shape index (κ2) is 11.6. The maximum absolute atomic E-state index is 12.1. The number of ether oxygens (including phenoxy) is 2. The van der Waals surface area contributed by atoms with Gasteiger partial charge in [-0.25, -0.2) is 4.79 Å². The van der Waals surface area contributed by atoms with Crippen LogP contribution in [-0.4, -0.2) is 64.6 Å². The second-order valence-electron chi connectivity index (χ2n) is 7.03. The van der Waals surface area contributed by atoms with Gasteiger partial charge >= 0.3 is 5.97 Å². The number of benzene rings is 2. The van der Waals surface area contributed by atoms with Crippen molar-refractivity contribution < 1.29 is 19.1 Å². The second-order valence-corrected chi connectivity index (χ2v) is 7.03. The number of hydrogen-bond acceptors (Lipinski definition) is 5. The van der Waals surface area contributed by atoms with E-state index in [9.17, 15) is 9.59 Å². The Bertz CT molecular complexity index is 941. The number of nitrogens with one attached hydrogen (secondary N) is 2. The third-order valence-corrected chi connectivity index (χ3v) is 4.64. The summed E-state index contributed by atoms with van der Waals surface area (Å²) in [5, 5.41) is 6.48. The van der Waals surface area contributed by atoms with E-state index in [4.69, 9.17) is 9.47 Å². The molecular weight excluding hydrogens is 396 g/mol. The molecule has 0 aliphatic rings.